The third kappa shape index (κ3) is 4.06. The minimum atomic E-state index is -3.68. The highest BCUT2D eigenvalue weighted by molar-refractivity contribution is 7.86. The lowest BCUT2D eigenvalue weighted by Crippen LogP contribution is -2.49. The summed E-state index contributed by atoms with van der Waals surface area (Å²) >= 11 is 0. The fourth-order valence-corrected chi connectivity index (χ4v) is 6.69. The first kappa shape index (κ1) is 20.7. The van der Waals surface area contributed by atoms with Crippen molar-refractivity contribution in [2.75, 3.05) is 26.2 Å². The number of rotatable bonds is 5. The number of esters is 1. The lowest BCUT2D eigenvalue weighted by Gasteiger charge is -2.35. The molecule has 29 heavy (non-hydrogen) atoms. The predicted molar refractivity (Wildman–Crippen MR) is 106 cm³/mol. The van der Waals surface area contributed by atoms with Gasteiger partial charge in [0.1, 0.15) is 5.82 Å². The molecule has 0 saturated carbocycles. The molecule has 0 aliphatic carbocycles. The summed E-state index contributed by atoms with van der Waals surface area (Å²) in [5, 5.41) is 8.77. The van der Waals surface area contributed by atoms with Gasteiger partial charge in [-0.3, -0.25) is 4.79 Å². The van der Waals surface area contributed by atoms with Gasteiger partial charge < -0.3 is 9.30 Å². The van der Waals surface area contributed by atoms with Crippen molar-refractivity contribution in [3.63, 3.8) is 0 Å². The first-order valence-electron chi connectivity index (χ1n) is 10.9. The second-order valence-electron chi connectivity index (χ2n) is 8.16. The summed E-state index contributed by atoms with van der Waals surface area (Å²) in [7, 11) is -3.68. The molecule has 9 nitrogen and oxygen atoms in total. The molecule has 2 saturated heterocycles. The normalized spacial score (nSPS) is 26.8. The zero-order valence-corrected chi connectivity index (χ0v) is 17.9. The maximum Gasteiger partial charge on any atom is 0.310 e. The second-order valence-corrected chi connectivity index (χ2v) is 10.0. The minimum absolute atomic E-state index is 0.197. The van der Waals surface area contributed by atoms with Crippen molar-refractivity contribution in [1.82, 2.24) is 23.4 Å². The number of carbonyl (C=O) groups excluding carboxylic acids is 1. The summed E-state index contributed by atoms with van der Waals surface area (Å²) in [4.78, 5) is 12.2. The molecule has 2 fully saturated rings. The summed E-state index contributed by atoms with van der Waals surface area (Å²) < 4.78 is 37.3. The van der Waals surface area contributed by atoms with Crippen LogP contribution >= 0.6 is 0 Å². The average molecular weight is 426 g/mol. The van der Waals surface area contributed by atoms with Crippen molar-refractivity contribution in [3.05, 3.63) is 11.6 Å². The van der Waals surface area contributed by atoms with Gasteiger partial charge in [0.05, 0.1) is 18.6 Å². The van der Waals surface area contributed by atoms with Crippen LogP contribution in [0.3, 0.4) is 0 Å². The van der Waals surface area contributed by atoms with Crippen LogP contribution in [0.1, 0.15) is 69.6 Å². The van der Waals surface area contributed by atoms with E-state index >= 15 is 0 Å². The molecule has 0 amide bonds. The monoisotopic (exact) mass is 425 g/mol. The highest BCUT2D eigenvalue weighted by Gasteiger charge is 2.43. The molecule has 0 radical (unpaired) electrons. The third-order valence-corrected chi connectivity index (χ3v) is 8.28. The number of aryl methyl sites for hydroxylation is 1. The van der Waals surface area contributed by atoms with E-state index in [0.717, 1.165) is 50.3 Å². The van der Waals surface area contributed by atoms with Crippen molar-refractivity contribution in [1.29, 1.82) is 0 Å². The molecular weight excluding hydrogens is 394 g/mol. The first-order chi connectivity index (χ1) is 14.0. The van der Waals surface area contributed by atoms with Gasteiger partial charge in [0.15, 0.2) is 5.82 Å². The summed E-state index contributed by atoms with van der Waals surface area (Å²) in [6.45, 7) is 4.06. The molecular formula is C19H31N5O4S. The van der Waals surface area contributed by atoms with E-state index in [1.165, 1.54) is 10.7 Å². The topological polar surface area (TPSA) is 97.6 Å². The van der Waals surface area contributed by atoms with Gasteiger partial charge in [-0.25, -0.2) is 0 Å². The fourth-order valence-electron chi connectivity index (χ4n) is 4.78. The largest absolute Gasteiger partial charge is 0.466 e. The van der Waals surface area contributed by atoms with Gasteiger partial charge in [-0.05, 0) is 45.4 Å². The summed E-state index contributed by atoms with van der Waals surface area (Å²) in [6, 6.07) is -0.276. The van der Waals surface area contributed by atoms with E-state index < -0.39 is 10.2 Å². The Hall–Kier alpha value is -1.52. The Labute approximate surface area is 172 Å². The Kier molecular flexibility index (Phi) is 6.21. The van der Waals surface area contributed by atoms with Crippen LogP contribution in [0.2, 0.25) is 0 Å². The number of piperidine rings is 1. The maximum absolute atomic E-state index is 13.5. The number of ether oxygens (including phenoxy) is 1. The Morgan fingerprint density at radius 2 is 1.90 bits per heavy atom. The molecule has 0 bridgehead atoms. The Morgan fingerprint density at radius 1 is 1.07 bits per heavy atom. The van der Waals surface area contributed by atoms with E-state index in [4.69, 9.17) is 4.74 Å². The maximum atomic E-state index is 13.5. The van der Waals surface area contributed by atoms with Gasteiger partial charge in [0, 0.05) is 32.6 Å². The van der Waals surface area contributed by atoms with Crippen molar-refractivity contribution in [2.45, 2.75) is 70.9 Å². The standard InChI is InChI=1S/C19H31N5O4S/c1-2-28-19(25)15-8-6-11-22(14-15)29(26,27)24-13-7-9-16(24)18-21-20-17-10-4-3-5-12-23(17)18/h15-16H,2-14H2,1H3/t15-,16+/m0/s1. The van der Waals surface area contributed by atoms with Gasteiger partial charge in [0.2, 0.25) is 0 Å². The highest BCUT2D eigenvalue weighted by atomic mass is 32.2. The molecule has 1 aromatic rings. The van der Waals surface area contributed by atoms with E-state index in [1.54, 1.807) is 11.2 Å². The van der Waals surface area contributed by atoms with Crippen molar-refractivity contribution < 1.29 is 17.9 Å². The van der Waals surface area contributed by atoms with Crippen molar-refractivity contribution in [2.24, 2.45) is 5.92 Å². The molecule has 4 heterocycles. The van der Waals surface area contributed by atoms with Crippen molar-refractivity contribution in [3.8, 4) is 0 Å². The molecule has 2 atom stereocenters. The number of carbonyl (C=O) groups is 1. The van der Waals surface area contributed by atoms with Crippen LogP contribution in [0.4, 0.5) is 0 Å². The van der Waals surface area contributed by atoms with Gasteiger partial charge in [-0.2, -0.15) is 17.0 Å². The van der Waals surface area contributed by atoms with Gasteiger partial charge in [-0.1, -0.05) is 6.42 Å². The molecule has 1 aromatic heterocycles. The highest BCUT2D eigenvalue weighted by Crippen LogP contribution is 2.36. The smallest absolute Gasteiger partial charge is 0.310 e. The first-order valence-corrected chi connectivity index (χ1v) is 12.3. The van der Waals surface area contributed by atoms with E-state index in [-0.39, 0.29) is 24.5 Å². The van der Waals surface area contributed by atoms with Crippen LogP contribution in [0.25, 0.3) is 0 Å². The molecule has 4 rings (SSSR count). The number of aromatic nitrogens is 3. The fraction of sp³-hybridized carbons (Fsp3) is 0.842. The van der Waals surface area contributed by atoms with Crippen LogP contribution in [0, 0.1) is 5.92 Å². The predicted octanol–water partition coefficient (Wildman–Crippen LogP) is 1.66. The summed E-state index contributed by atoms with van der Waals surface area (Å²) in [5.74, 6) is 1.07. The quantitative estimate of drug-likeness (QED) is 0.666. The van der Waals surface area contributed by atoms with Crippen LogP contribution in [0.15, 0.2) is 0 Å². The van der Waals surface area contributed by atoms with E-state index in [0.29, 0.717) is 32.5 Å². The third-order valence-electron chi connectivity index (χ3n) is 6.27. The number of fused-ring (bicyclic) bond motifs is 1. The van der Waals surface area contributed by atoms with Crippen LogP contribution in [-0.4, -0.2) is 64.0 Å². The Bertz CT molecular complexity index is 840. The van der Waals surface area contributed by atoms with Crippen LogP contribution in [-0.2, 0) is 32.7 Å². The van der Waals surface area contributed by atoms with Crippen LogP contribution < -0.4 is 0 Å². The van der Waals surface area contributed by atoms with Gasteiger partial charge in [-0.15, -0.1) is 10.2 Å². The van der Waals surface area contributed by atoms with Crippen molar-refractivity contribution >= 4 is 16.2 Å². The second kappa shape index (κ2) is 8.69. The van der Waals surface area contributed by atoms with E-state index in [1.807, 2.05) is 0 Å². The molecule has 0 aromatic carbocycles. The zero-order chi connectivity index (χ0) is 20.4. The Balaban J connectivity index is 1.55. The van der Waals surface area contributed by atoms with Crippen LogP contribution in [0.5, 0.6) is 0 Å². The van der Waals surface area contributed by atoms with Gasteiger partial charge >= 0.3 is 5.97 Å². The molecule has 0 N–H and O–H groups in total. The lowest BCUT2D eigenvalue weighted by atomic mass is 10.0. The lowest BCUT2D eigenvalue weighted by molar-refractivity contribution is -0.149. The molecule has 3 aliphatic rings. The summed E-state index contributed by atoms with van der Waals surface area (Å²) in [5.41, 5.74) is 0. The minimum Gasteiger partial charge on any atom is -0.466 e. The summed E-state index contributed by atoms with van der Waals surface area (Å²) in [6.07, 6.45) is 7.15. The molecule has 10 heteroatoms. The molecule has 0 unspecified atom stereocenters. The average Bonchev–Trinajstić information content (AvgIpc) is 3.30. The number of hydrogen-bond acceptors (Lipinski definition) is 6. The molecule has 0 spiro atoms. The Morgan fingerprint density at radius 3 is 2.72 bits per heavy atom. The zero-order valence-electron chi connectivity index (χ0n) is 17.1. The SMILES string of the molecule is CCOC(=O)[C@H]1CCCN(S(=O)(=O)N2CCC[C@@H]2c2nnc3n2CCCCC3)C1. The van der Waals surface area contributed by atoms with Gasteiger partial charge in [0.25, 0.3) is 10.2 Å². The van der Waals surface area contributed by atoms with E-state index in [9.17, 15) is 13.2 Å². The van der Waals surface area contributed by atoms with E-state index in [2.05, 4.69) is 14.8 Å². The molecule has 3 aliphatic heterocycles. The number of hydrogen-bond donors (Lipinski definition) is 0. The number of nitrogens with zero attached hydrogens (tertiary/aromatic N) is 5. The molecule has 162 valence electrons.